The van der Waals surface area contributed by atoms with Gasteiger partial charge in [0.05, 0.1) is 30.2 Å². The van der Waals surface area contributed by atoms with Crippen LogP contribution < -0.4 is 10.5 Å². The third-order valence-corrected chi connectivity index (χ3v) is 4.03. The summed E-state index contributed by atoms with van der Waals surface area (Å²) in [5, 5.41) is 0. The zero-order valence-corrected chi connectivity index (χ0v) is 11.9. The van der Waals surface area contributed by atoms with Crippen molar-refractivity contribution in [3.8, 4) is 0 Å². The molecular weight excluding hydrogens is 294 g/mol. The monoisotopic (exact) mass is 307 g/mol. The maximum absolute atomic E-state index is 12.4. The lowest BCUT2D eigenvalue weighted by Crippen LogP contribution is -2.17. The molecule has 110 valence electrons. The standard InChI is InChI=1S/C13H13N3O4S/c1-20-13(17)11-4-2-3-5-12(11)21(18,19)16-10-6-9(14)7-15-8-10/h2-8,16H,14H2,1H3. The van der Waals surface area contributed by atoms with Crippen molar-refractivity contribution in [2.24, 2.45) is 0 Å². The van der Waals surface area contributed by atoms with Crippen LogP contribution in [0.1, 0.15) is 10.4 Å². The SMILES string of the molecule is COC(=O)c1ccccc1S(=O)(=O)Nc1cncc(N)c1. The molecule has 0 amide bonds. The van der Waals surface area contributed by atoms with E-state index in [2.05, 4.69) is 14.4 Å². The molecule has 0 fully saturated rings. The largest absolute Gasteiger partial charge is 0.465 e. The van der Waals surface area contributed by atoms with E-state index in [1.54, 1.807) is 6.07 Å². The van der Waals surface area contributed by atoms with E-state index < -0.39 is 16.0 Å². The number of benzene rings is 1. The number of nitrogens with two attached hydrogens (primary N) is 1. The number of anilines is 2. The fourth-order valence-corrected chi connectivity index (χ4v) is 2.93. The average molecular weight is 307 g/mol. The van der Waals surface area contributed by atoms with E-state index in [4.69, 9.17) is 5.73 Å². The van der Waals surface area contributed by atoms with Gasteiger partial charge in [-0.05, 0) is 18.2 Å². The second kappa shape index (κ2) is 5.80. The first-order valence-electron chi connectivity index (χ1n) is 5.85. The van der Waals surface area contributed by atoms with Crippen LogP contribution in [0.3, 0.4) is 0 Å². The Balaban J connectivity index is 2.43. The van der Waals surface area contributed by atoms with Crippen LogP contribution in [-0.2, 0) is 14.8 Å². The normalized spacial score (nSPS) is 10.9. The highest BCUT2D eigenvalue weighted by Crippen LogP contribution is 2.20. The summed E-state index contributed by atoms with van der Waals surface area (Å²) in [5.74, 6) is -0.735. The molecule has 7 nitrogen and oxygen atoms in total. The fraction of sp³-hybridized carbons (Fsp3) is 0.0769. The van der Waals surface area contributed by atoms with Gasteiger partial charge in [0.1, 0.15) is 4.90 Å². The number of nitrogen functional groups attached to an aromatic ring is 1. The highest BCUT2D eigenvalue weighted by molar-refractivity contribution is 7.92. The molecule has 8 heteroatoms. The summed E-state index contributed by atoms with van der Waals surface area (Å²) in [4.78, 5) is 15.3. The molecule has 0 aliphatic carbocycles. The van der Waals surface area contributed by atoms with Crippen LogP contribution in [0.4, 0.5) is 11.4 Å². The molecule has 2 rings (SSSR count). The maximum atomic E-state index is 12.4. The molecule has 1 heterocycles. The highest BCUT2D eigenvalue weighted by Gasteiger charge is 2.22. The van der Waals surface area contributed by atoms with Crippen molar-refractivity contribution in [3.05, 3.63) is 48.3 Å². The quantitative estimate of drug-likeness (QED) is 0.822. The minimum atomic E-state index is -3.96. The van der Waals surface area contributed by atoms with Crippen LogP contribution >= 0.6 is 0 Å². The number of sulfonamides is 1. The predicted molar refractivity (Wildman–Crippen MR) is 77.2 cm³/mol. The first-order chi connectivity index (χ1) is 9.94. The van der Waals surface area contributed by atoms with Crippen LogP contribution in [-0.4, -0.2) is 26.5 Å². The van der Waals surface area contributed by atoms with Gasteiger partial charge in [-0.3, -0.25) is 9.71 Å². The number of nitrogens with zero attached hydrogens (tertiary/aromatic N) is 1. The van der Waals surface area contributed by atoms with Crippen molar-refractivity contribution in [2.75, 3.05) is 17.6 Å². The molecule has 3 N–H and O–H groups in total. The van der Waals surface area contributed by atoms with Gasteiger partial charge in [-0.1, -0.05) is 12.1 Å². The Bertz CT molecular complexity index is 774. The number of methoxy groups -OCH3 is 1. The Hall–Kier alpha value is -2.61. The van der Waals surface area contributed by atoms with Gasteiger partial charge in [0.2, 0.25) is 0 Å². The van der Waals surface area contributed by atoms with Crippen LogP contribution in [0, 0.1) is 0 Å². The first kappa shape index (κ1) is 14.8. The zero-order valence-electron chi connectivity index (χ0n) is 11.1. The predicted octanol–water partition coefficient (Wildman–Crippen LogP) is 1.25. The molecule has 2 aromatic rings. The summed E-state index contributed by atoms with van der Waals surface area (Å²) < 4.78 is 31.6. The van der Waals surface area contributed by atoms with E-state index >= 15 is 0 Å². The average Bonchev–Trinajstić information content (AvgIpc) is 2.46. The topological polar surface area (TPSA) is 111 Å². The van der Waals surface area contributed by atoms with E-state index in [-0.39, 0.29) is 16.1 Å². The number of hydrogen-bond donors (Lipinski definition) is 2. The lowest BCUT2D eigenvalue weighted by atomic mass is 10.2. The first-order valence-corrected chi connectivity index (χ1v) is 7.33. The molecular formula is C13H13N3O4S. The molecule has 21 heavy (non-hydrogen) atoms. The smallest absolute Gasteiger partial charge is 0.339 e. The van der Waals surface area contributed by atoms with E-state index in [1.807, 2.05) is 0 Å². The number of rotatable bonds is 4. The molecule has 1 aromatic heterocycles. The van der Waals surface area contributed by atoms with E-state index in [9.17, 15) is 13.2 Å². The van der Waals surface area contributed by atoms with Crippen molar-refractivity contribution in [2.45, 2.75) is 4.90 Å². The number of carbonyl (C=O) groups excluding carboxylic acids is 1. The minimum absolute atomic E-state index is 0.0515. The van der Waals surface area contributed by atoms with Gasteiger partial charge in [0, 0.05) is 6.20 Å². The van der Waals surface area contributed by atoms with Crippen molar-refractivity contribution in [1.29, 1.82) is 0 Å². The minimum Gasteiger partial charge on any atom is -0.465 e. The highest BCUT2D eigenvalue weighted by atomic mass is 32.2. The fourth-order valence-electron chi connectivity index (χ4n) is 1.70. The number of carbonyl (C=O) groups is 1. The Morgan fingerprint density at radius 3 is 2.67 bits per heavy atom. The van der Waals surface area contributed by atoms with Gasteiger partial charge < -0.3 is 10.5 Å². The van der Waals surface area contributed by atoms with Gasteiger partial charge in [-0.2, -0.15) is 0 Å². The molecule has 0 saturated heterocycles. The van der Waals surface area contributed by atoms with E-state index in [0.29, 0.717) is 5.69 Å². The molecule has 0 atom stereocenters. The third kappa shape index (κ3) is 3.29. The molecule has 0 saturated carbocycles. The van der Waals surface area contributed by atoms with E-state index in [0.717, 1.165) is 0 Å². The lowest BCUT2D eigenvalue weighted by molar-refractivity contribution is 0.0596. The van der Waals surface area contributed by atoms with Crippen molar-refractivity contribution in [1.82, 2.24) is 4.98 Å². The van der Waals surface area contributed by atoms with E-state index in [1.165, 1.54) is 43.8 Å². The van der Waals surface area contributed by atoms with Crippen molar-refractivity contribution < 1.29 is 17.9 Å². The third-order valence-electron chi connectivity index (χ3n) is 2.59. The number of ether oxygens (including phenoxy) is 1. The Kier molecular flexibility index (Phi) is 4.08. The summed E-state index contributed by atoms with van der Waals surface area (Å²) in [6.45, 7) is 0. The summed E-state index contributed by atoms with van der Waals surface area (Å²) in [7, 11) is -2.78. The number of esters is 1. The molecule has 0 radical (unpaired) electrons. The van der Waals surface area contributed by atoms with Gasteiger partial charge in [0.25, 0.3) is 10.0 Å². The van der Waals surface area contributed by atoms with Crippen molar-refractivity contribution in [3.63, 3.8) is 0 Å². The second-order valence-corrected chi connectivity index (χ2v) is 5.75. The molecule has 0 aliphatic heterocycles. The van der Waals surface area contributed by atoms with Gasteiger partial charge in [-0.15, -0.1) is 0 Å². The second-order valence-electron chi connectivity index (χ2n) is 4.10. The molecule has 0 aliphatic rings. The summed E-state index contributed by atoms with van der Waals surface area (Å²) in [6, 6.07) is 7.17. The summed E-state index contributed by atoms with van der Waals surface area (Å²) >= 11 is 0. The van der Waals surface area contributed by atoms with Gasteiger partial charge >= 0.3 is 5.97 Å². The maximum Gasteiger partial charge on any atom is 0.339 e. The molecule has 0 spiro atoms. The van der Waals surface area contributed by atoms with Crippen LogP contribution in [0.5, 0.6) is 0 Å². The Morgan fingerprint density at radius 2 is 2.00 bits per heavy atom. The number of hydrogen-bond acceptors (Lipinski definition) is 6. The number of aromatic nitrogens is 1. The van der Waals surface area contributed by atoms with Crippen LogP contribution in [0.2, 0.25) is 0 Å². The van der Waals surface area contributed by atoms with Crippen LogP contribution in [0.15, 0.2) is 47.6 Å². The Labute approximate surface area is 121 Å². The lowest BCUT2D eigenvalue weighted by Gasteiger charge is -2.11. The summed E-state index contributed by atoms with van der Waals surface area (Å²) in [5.41, 5.74) is 6.01. The number of nitrogens with one attached hydrogen (secondary N) is 1. The zero-order chi connectivity index (χ0) is 15.5. The van der Waals surface area contributed by atoms with Gasteiger partial charge in [0.15, 0.2) is 0 Å². The molecule has 0 unspecified atom stereocenters. The molecule has 1 aromatic carbocycles. The number of pyridine rings is 1. The van der Waals surface area contributed by atoms with Crippen molar-refractivity contribution >= 4 is 27.4 Å². The molecule has 0 bridgehead atoms. The van der Waals surface area contributed by atoms with Gasteiger partial charge in [-0.25, -0.2) is 13.2 Å². The summed E-state index contributed by atoms with van der Waals surface area (Å²) in [6.07, 6.45) is 2.70. The van der Waals surface area contributed by atoms with Crippen LogP contribution in [0.25, 0.3) is 0 Å². The Morgan fingerprint density at radius 1 is 1.29 bits per heavy atom.